The van der Waals surface area contributed by atoms with Crippen LogP contribution in [0.1, 0.15) is 27.2 Å². The largest absolute Gasteiger partial charge is 0.480 e. The molecule has 1 atom stereocenters. The van der Waals surface area contributed by atoms with Gasteiger partial charge in [0, 0.05) is 23.6 Å². The summed E-state index contributed by atoms with van der Waals surface area (Å²) in [5, 5.41) is 9.05. The first kappa shape index (κ1) is 11.9. The first-order valence-electron chi connectivity index (χ1n) is 5.07. The topological polar surface area (TPSA) is 40.5 Å². The van der Waals surface area contributed by atoms with Gasteiger partial charge in [-0.1, -0.05) is 6.92 Å². The number of rotatable bonds is 3. The SMILES string of the molecule is CCC(C(=O)O)N1CCSC(C)(C)C1. The standard InChI is InChI=1S/C10H19NO2S/c1-4-8(9(12)13)11-5-6-14-10(2,3)7-11/h8H,4-7H2,1-3H3,(H,12,13). The van der Waals surface area contributed by atoms with Crippen LogP contribution in [-0.4, -0.2) is 45.6 Å². The van der Waals surface area contributed by atoms with E-state index in [2.05, 4.69) is 18.7 Å². The predicted octanol–water partition coefficient (Wildman–Crippen LogP) is 1.68. The molecule has 1 fully saturated rings. The average Bonchev–Trinajstić information content (AvgIpc) is 2.02. The summed E-state index contributed by atoms with van der Waals surface area (Å²) in [7, 11) is 0. The molecule has 0 radical (unpaired) electrons. The van der Waals surface area contributed by atoms with E-state index in [-0.39, 0.29) is 10.8 Å². The molecule has 0 aliphatic carbocycles. The number of carboxylic acid groups (broad SMARTS) is 1. The smallest absolute Gasteiger partial charge is 0.320 e. The van der Waals surface area contributed by atoms with E-state index in [0.29, 0.717) is 6.42 Å². The van der Waals surface area contributed by atoms with Crippen LogP contribution in [0.5, 0.6) is 0 Å². The molecule has 0 amide bonds. The molecule has 1 rings (SSSR count). The van der Waals surface area contributed by atoms with Crippen molar-refractivity contribution in [3.8, 4) is 0 Å². The number of thioether (sulfide) groups is 1. The maximum atomic E-state index is 11.0. The molecular weight excluding hydrogens is 198 g/mol. The minimum atomic E-state index is -0.685. The second-order valence-electron chi connectivity index (χ2n) is 4.34. The van der Waals surface area contributed by atoms with Crippen LogP contribution in [0.3, 0.4) is 0 Å². The van der Waals surface area contributed by atoms with Gasteiger partial charge in [-0.2, -0.15) is 11.8 Å². The van der Waals surface area contributed by atoms with Crippen LogP contribution in [-0.2, 0) is 4.79 Å². The summed E-state index contributed by atoms with van der Waals surface area (Å²) >= 11 is 1.93. The van der Waals surface area contributed by atoms with Crippen LogP contribution in [0.2, 0.25) is 0 Å². The van der Waals surface area contributed by atoms with Crippen molar-refractivity contribution in [1.29, 1.82) is 0 Å². The second kappa shape index (κ2) is 4.53. The predicted molar refractivity (Wildman–Crippen MR) is 59.8 cm³/mol. The zero-order chi connectivity index (χ0) is 10.8. The number of carbonyl (C=O) groups is 1. The van der Waals surface area contributed by atoms with Gasteiger partial charge in [0.05, 0.1) is 0 Å². The van der Waals surface area contributed by atoms with E-state index in [1.807, 2.05) is 18.7 Å². The molecule has 0 aromatic carbocycles. The number of aliphatic carboxylic acids is 1. The van der Waals surface area contributed by atoms with Crippen molar-refractivity contribution in [2.75, 3.05) is 18.8 Å². The lowest BCUT2D eigenvalue weighted by molar-refractivity contribution is -0.143. The van der Waals surface area contributed by atoms with Crippen molar-refractivity contribution in [2.45, 2.75) is 38.0 Å². The molecule has 1 aliphatic rings. The van der Waals surface area contributed by atoms with Crippen LogP contribution in [0.25, 0.3) is 0 Å². The Balaban J connectivity index is 2.62. The summed E-state index contributed by atoms with van der Waals surface area (Å²) in [6.07, 6.45) is 0.691. The lowest BCUT2D eigenvalue weighted by Gasteiger charge is -2.40. The Morgan fingerprint density at radius 1 is 1.64 bits per heavy atom. The highest BCUT2D eigenvalue weighted by Crippen LogP contribution is 2.30. The highest BCUT2D eigenvalue weighted by Gasteiger charge is 2.33. The Hall–Kier alpha value is -0.220. The Kier molecular flexibility index (Phi) is 3.84. The van der Waals surface area contributed by atoms with Crippen LogP contribution >= 0.6 is 11.8 Å². The minimum Gasteiger partial charge on any atom is -0.480 e. The Morgan fingerprint density at radius 2 is 2.29 bits per heavy atom. The fraction of sp³-hybridized carbons (Fsp3) is 0.900. The highest BCUT2D eigenvalue weighted by molar-refractivity contribution is 8.00. The van der Waals surface area contributed by atoms with Gasteiger partial charge in [0.15, 0.2) is 0 Å². The summed E-state index contributed by atoms with van der Waals surface area (Å²) in [5.41, 5.74) is 0. The quantitative estimate of drug-likeness (QED) is 0.781. The molecule has 1 heterocycles. The number of nitrogens with zero attached hydrogens (tertiary/aromatic N) is 1. The molecule has 0 aromatic rings. The van der Waals surface area contributed by atoms with Crippen molar-refractivity contribution in [2.24, 2.45) is 0 Å². The molecule has 1 N–H and O–H groups in total. The number of hydrogen-bond donors (Lipinski definition) is 1. The van der Waals surface area contributed by atoms with Crippen LogP contribution in [0.4, 0.5) is 0 Å². The third kappa shape index (κ3) is 2.89. The van der Waals surface area contributed by atoms with Crippen LogP contribution in [0, 0.1) is 0 Å². The summed E-state index contributed by atoms with van der Waals surface area (Å²) in [6, 6.07) is -0.296. The van der Waals surface area contributed by atoms with Gasteiger partial charge < -0.3 is 5.11 Å². The Morgan fingerprint density at radius 3 is 2.71 bits per heavy atom. The van der Waals surface area contributed by atoms with Gasteiger partial charge in [-0.05, 0) is 20.3 Å². The van der Waals surface area contributed by atoms with E-state index in [0.717, 1.165) is 18.8 Å². The van der Waals surface area contributed by atoms with Crippen LogP contribution in [0.15, 0.2) is 0 Å². The zero-order valence-electron chi connectivity index (χ0n) is 9.12. The van der Waals surface area contributed by atoms with E-state index in [4.69, 9.17) is 5.11 Å². The fourth-order valence-electron chi connectivity index (χ4n) is 1.91. The summed E-state index contributed by atoms with van der Waals surface area (Å²) in [4.78, 5) is 13.1. The van der Waals surface area contributed by atoms with E-state index >= 15 is 0 Å². The molecule has 14 heavy (non-hydrogen) atoms. The number of hydrogen-bond acceptors (Lipinski definition) is 3. The zero-order valence-corrected chi connectivity index (χ0v) is 9.93. The number of carboxylic acids is 1. The molecule has 0 spiro atoms. The van der Waals surface area contributed by atoms with E-state index in [1.54, 1.807) is 0 Å². The third-order valence-electron chi connectivity index (χ3n) is 2.57. The molecule has 0 bridgehead atoms. The van der Waals surface area contributed by atoms with Gasteiger partial charge in [-0.15, -0.1) is 0 Å². The molecule has 1 aliphatic heterocycles. The highest BCUT2D eigenvalue weighted by atomic mass is 32.2. The molecule has 3 nitrogen and oxygen atoms in total. The lowest BCUT2D eigenvalue weighted by atomic mass is 10.1. The van der Waals surface area contributed by atoms with Gasteiger partial charge >= 0.3 is 5.97 Å². The van der Waals surface area contributed by atoms with E-state index in [9.17, 15) is 4.79 Å². The van der Waals surface area contributed by atoms with Gasteiger partial charge in [-0.25, -0.2) is 0 Å². The third-order valence-corrected chi connectivity index (χ3v) is 3.86. The van der Waals surface area contributed by atoms with Crippen molar-refractivity contribution in [3.05, 3.63) is 0 Å². The molecule has 0 saturated carbocycles. The van der Waals surface area contributed by atoms with Gasteiger partial charge in [-0.3, -0.25) is 9.69 Å². The monoisotopic (exact) mass is 217 g/mol. The average molecular weight is 217 g/mol. The Bertz CT molecular complexity index is 218. The molecule has 4 heteroatoms. The first-order valence-corrected chi connectivity index (χ1v) is 6.05. The van der Waals surface area contributed by atoms with Gasteiger partial charge in [0.2, 0.25) is 0 Å². The minimum absolute atomic E-state index is 0.196. The lowest BCUT2D eigenvalue weighted by Crippen LogP contribution is -2.50. The maximum absolute atomic E-state index is 11.0. The van der Waals surface area contributed by atoms with Crippen LogP contribution < -0.4 is 0 Å². The van der Waals surface area contributed by atoms with E-state index in [1.165, 1.54) is 0 Å². The molecule has 1 saturated heterocycles. The Labute approximate surface area is 89.9 Å². The fourth-order valence-corrected chi connectivity index (χ4v) is 3.04. The summed E-state index contributed by atoms with van der Waals surface area (Å²) in [6.45, 7) is 8.08. The van der Waals surface area contributed by atoms with Crippen molar-refractivity contribution in [1.82, 2.24) is 4.90 Å². The maximum Gasteiger partial charge on any atom is 0.320 e. The van der Waals surface area contributed by atoms with Crippen molar-refractivity contribution < 1.29 is 9.90 Å². The van der Waals surface area contributed by atoms with Crippen molar-refractivity contribution >= 4 is 17.7 Å². The molecule has 1 unspecified atom stereocenters. The summed E-state index contributed by atoms with van der Waals surface area (Å²) < 4.78 is 0.196. The molecular formula is C10H19NO2S. The van der Waals surface area contributed by atoms with Crippen molar-refractivity contribution in [3.63, 3.8) is 0 Å². The normalized spacial score (nSPS) is 24.5. The molecule has 0 aromatic heterocycles. The van der Waals surface area contributed by atoms with Gasteiger partial charge in [0.1, 0.15) is 6.04 Å². The van der Waals surface area contributed by atoms with Gasteiger partial charge in [0.25, 0.3) is 0 Å². The second-order valence-corrected chi connectivity index (χ2v) is 6.14. The van der Waals surface area contributed by atoms with E-state index < -0.39 is 5.97 Å². The first-order chi connectivity index (χ1) is 6.46. The summed E-state index contributed by atoms with van der Waals surface area (Å²) in [5.74, 6) is 0.353. The molecule has 82 valence electrons.